The third kappa shape index (κ3) is 12.8. The van der Waals surface area contributed by atoms with Crippen molar-refractivity contribution in [1.29, 1.82) is 0 Å². The summed E-state index contributed by atoms with van der Waals surface area (Å²) in [5.74, 6) is -2.70. The van der Waals surface area contributed by atoms with Gasteiger partial charge in [0, 0.05) is 65.3 Å². The zero-order valence-electron chi connectivity index (χ0n) is 37.7. The lowest BCUT2D eigenvalue weighted by Crippen LogP contribution is -2.62. The van der Waals surface area contributed by atoms with Gasteiger partial charge in [-0.15, -0.1) is 0 Å². The number of amides is 2. The number of hydrogen-bond donors (Lipinski definition) is 8. The zero-order chi connectivity index (χ0) is 46.1. The van der Waals surface area contributed by atoms with E-state index in [0.717, 1.165) is 38.4 Å². The Bertz CT molecular complexity index is 1590. The van der Waals surface area contributed by atoms with E-state index < -0.39 is 42.1 Å². The molecule has 1 heterocycles. The molecule has 4 aliphatic carbocycles. The van der Waals surface area contributed by atoms with Crippen molar-refractivity contribution in [2.24, 2.45) is 46.3 Å². The molecular formula is C45H76N6O12. The van der Waals surface area contributed by atoms with E-state index >= 15 is 0 Å². The molecule has 1 saturated heterocycles. The maximum Gasteiger partial charge on any atom is 0.320 e. The van der Waals surface area contributed by atoms with Crippen molar-refractivity contribution in [3.8, 4) is 0 Å². The number of carbonyl (C=O) groups excluding carboxylic acids is 3. The lowest BCUT2D eigenvalue weighted by molar-refractivity contribution is -0.207. The summed E-state index contributed by atoms with van der Waals surface area (Å²) in [5, 5.41) is 68.5. The van der Waals surface area contributed by atoms with Crippen LogP contribution in [0.3, 0.4) is 0 Å². The van der Waals surface area contributed by atoms with Gasteiger partial charge in [-0.3, -0.25) is 43.6 Å². The van der Waals surface area contributed by atoms with Gasteiger partial charge in [-0.1, -0.05) is 20.8 Å². The lowest BCUT2D eigenvalue weighted by Gasteiger charge is -2.63. The highest BCUT2D eigenvalue weighted by Gasteiger charge is 2.65. The number of carboxylic acids is 3. The molecule has 0 bridgehead atoms. The van der Waals surface area contributed by atoms with E-state index in [1.165, 1.54) is 0 Å². The molecular weight excluding hydrogens is 817 g/mol. The van der Waals surface area contributed by atoms with Crippen LogP contribution in [0, 0.1) is 46.3 Å². The predicted octanol–water partition coefficient (Wildman–Crippen LogP) is 0.420. The van der Waals surface area contributed by atoms with E-state index in [0.29, 0.717) is 45.3 Å². The van der Waals surface area contributed by atoms with Gasteiger partial charge in [0.1, 0.15) is 12.3 Å². The first-order valence-corrected chi connectivity index (χ1v) is 23.5. The second kappa shape index (κ2) is 22.8. The minimum Gasteiger partial charge on any atom is -0.480 e. The van der Waals surface area contributed by atoms with Crippen molar-refractivity contribution < 1.29 is 59.4 Å². The Balaban J connectivity index is 1.07. The first kappa shape index (κ1) is 50.7. The molecule has 4 saturated carbocycles. The molecule has 1 aliphatic heterocycles. The Morgan fingerprint density at radius 2 is 1.37 bits per heavy atom. The van der Waals surface area contributed by atoms with Crippen LogP contribution in [0.4, 0.5) is 0 Å². The third-order valence-electron chi connectivity index (χ3n) is 16.4. The molecule has 0 aromatic rings. The molecule has 0 aromatic carbocycles. The van der Waals surface area contributed by atoms with Crippen LogP contribution in [0.2, 0.25) is 0 Å². The van der Waals surface area contributed by atoms with Crippen LogP contribution < -0.4 is 10.6 Å². The minimum absolute atomic E-state index is 0.000198. The molecule has 2 amide bonds. The second-order valence-corrected chi connectivity index (χ2v) is 20.0. The average Bonchev–Trinajstić information content (AvgIpc) is 3.58. The van der Waals surface area contributed by atoms with E-state index in [4.69, 9.17) is 0 Å². The van der Waals surface area contributed by atoms with Crippen LogP contribution in [0.15, 0.2) is 0 Å². The molecule has 0 spiro atoms. The van der Waals surface area contributed by atoms with E-state index in [1.54, 1.807) is 14.7 Å². The SMILES string of the molecule is C[C@H](CCC(=O)NCC(=O)NCCCC(C(=O)O)N1CCN(CC=O)CCN(CC(=O)O)CCN(CC(=O)O)CC1)[C@H]1CC[C@H]2[C@@H]3C(O)C[C@@H]4C[C@H](O)CC[C@]4(C)[C@H]3C[C@H](O)[C@]12C. The average molecular weight is 893 g/mol. The quantitative estimate of drug-likeness (QED) is 0.0685. The second-order valence-electron chi connectivity index (χ2n) is 20.0. The van der Waals surface area contributed by atoms with Gasteiger partial charge < -0.3 is 46.1 Å². The fourth-order valence-corrected chi connectivity index (χ4v) is 12.9. The number of aldehydes is 1. The largest absolute Gasteiger partial charge is 0.480 e. The molecule has 63 heavy (non-hydrogen) atoms. The van der Waals surface area contributed by atoms with Crippen molar-refractivity contribution >= 4 is 36.0 Å². The van der Waals surface area contributed by atoms with Crippen LogP contribution in [0.5, 0.6) is 0 Å². The Kier molecular flexibility index (Phi) is 18.3. The summed E-state index contributed by atoms with van der Waals surface area (Å²) < 4.78 is 0. The summed E-state index contributed by atoms with van der Waals surface area (Å²) in [5.41, 5.74) is -0.371. The number of aliphatic carboxylic acids is 3. The van der Waals surface area contributed by atoms with Crippen molar-refractivity contribution in [2.75, 3.05) is 85.1 Å². The molecule has 0 radical (unpaired) electrons. The smallest absolute Gasteiger partial charge is 0.320 e. The number of nitrogens with one attached hydrogen (secondary N) is 2. The fraction of sp³-hybridized carbons (Fsp3) is 0.867. The van der Waals surface area contributed by atoms with Gasteiger partial charge in [0.2, 0.25) is 11.8 Å². The standard InChI is InChI=1S/C45H76N6O12/c1-29(32-7-8-33-42-34(25-37(55)45(32,33)3)44(2)11-10-31(53)23-30(44)24-36(42)54)6-9-38(56)47-26-39(57)46-12-4-5-35(43(62)63)51-19-17-48(21-22-52)13-14-49(27-40(58)59)15-16-50(18-20-51)28-41(60)61/h22,29-37,42,53-55H,4-21,23-28H2,1-3H3,(H,46,57)(H,47,56)(H,58,59)(H,60,61)(H,62,63)/t29-,30+,31-,32-,33+,34+,35?,36?,37+,42+,44+,45-/m1/s1. The van der Waals surface area contributed by atoms with E-state index in [-0.39, 0.29) is 137 Å². The Hall–Kier alpha value is -3.26. The van der Waals surface area contributed by atoms with Gasteiger partial charge in [0.15, 0.2) is 0 Å². The number of carbonyl (C=O) groups is 6. The summed E-state index contributed by atoms with van der Waals surface area (Å²) in [6.07, 6.45) is 6.41. The summed E-state index contributed by atoms with van der Waals surface area (Å²) in [6.45, 7) is 8.43. The molecule has 18 nitrogen and oxygen atoms in total. The summed E-state index contributed by atoms with van der Waals surface area (Å²) in [7, 11) is 0. The van der Waals surface area contributed by atoms with Gasteiger partial charge in [0.25, 0.3) is 0 Å². The third-order valence-corrected chi connectivity index (χ3v) is 16.4. The van der Waals surface area contributed by atoms with Crippen LogP contribution in [0.1, 0.15) is 91.4 Å². The highest BCUT2D eigenvalue weighted by molar-refractivity contribution is 5.84. The number of fused-ring (bicyclic) bond motifs is 5. The summed E-state index contributed by atoms with van der Waals surface area (Å²) in [6, 6.07) is -0.955. The molecule has 2 unspecified atom stereocenters. The lowest BCUT2D eigenvalue weighted by atomic mass is 9.43. The molecule has 8 N–H and O–H groups in total. The van der Waals surface area contributed by atoms with Crippen LogP contribution in [-0.4, -0.2) is 196 Å². The van der Waals surface area contributed by atoms with Gasteiger partial charge in [-0.2, -0.15) is 0 Å². The van der Waals surface area contributed by atoms with Gasteiger partial charge in [0.05, 0.1) is 44.5 Å². The van der Waals surface area contributed by atoms with E-state index in [9.17, 15) is 59.4 Å². The molecule has 0 aromatic heterocycles. The minimum atomic E-state index is -1.07. The Morgan fingerprint density at radius 3 is 1.98 bits per heavy atom. The monoisotopic (exact) mass is 893 g/mol. The van der Waals surface area contributed by atoms with Crippen molar-refractivity contribution in [3.63, 3.8) is 0 Å². The molecule has 5 rings (SSSR count). The number of rotatable bonds is 18. The van der Waals surface area contributed by atoms with Crippen molar-refractivity contribution in [3.05, 3.63) is 0 Å². The Labute approximate surface area is 372 Å². The van der Waals surface area contributed by atoms with Gasteiger partial charge >= 0.3 is 17.9 Å². The van der Waals surface area contributed by atoms with Crippen LogP contribution >= 0.6 is 0 Å². The highest BCUT2D eigenvalue weighted by atomic mass is 16.4. The number of aliphatic hydroxyl groups is 3. The fourth-order valence-electron chi connectivity index (χ4n) is 12.9. The highest BCUT2D eigenvalue weighted by Crippen LogP contribution is 2.68. The first-order chi connectivity index (χ1) is 29.9. The number of carboxylic acid groups (broad SMARTS) is 3. The maximum atomic E-state index is 13.0. The molecule has 358 valence electrons. The van der Waals surface area contributed by atoms with E-state index in [1.807, 2.05) is 4.90 Å². The number of hydrogen-bond acceptors (Lipinski definition) is 13. The van der Waals surface area contributed by atoms with Crippen LogP contribution in [-0.2, 0) is 28.8 Å². The van der Waals surface area contributed by atoms with Crippen LogP contribution in [0.25, 0.3) is 0 Å². The van der Waals surface area contributed by atoms with Crippen molar-refractivity contribution in [2.45, 2.75) is 116 Å². The summed E-state index contributed by atoms with van der Waals surface area (Å²) >= 11 is 0. The predicted molar refractivity (Wildman–Crippen MR) is 231 cm³/mol. The number of nitrogens with zero attached hydrogens (tertiary/aromatic N) is 4. The van der Waals surface area contributed by atoms with Crippen molar-refractivity contribution in [1.82, 2.24) is 30.2 Å². The molecule has 5 fully saturated rings. The number of aliphatic hydroxyl groups excluding tert-OH is 3. The molecule has 18 heteroatoms. The van der Waals surface area contributed by atoms with Gasteiger partial charge in [-0.05, 0) is 111 Å². The van der Waals surface area contributed by atoms with Gasteiger partial charge in [-0.25, -0.2) is 0 Å². The zero-order valence-corrected chi connectivity index (χ0v) is 37.7. The molecule has 5 aliphatic rings. The summed E-state index contributed by atoms with van der Waals surface area (Å²) in [4.78, 5) is 79.8. The normalized spacial score (nSPS) is 34.8. The Morgan fingerprint density at radius 1 is 0.746 bits per heavy atom. The maximum absolute atomic E-state index is 13.0. The first-order valence-electron chi connectivity index (χ1n) is 23.5. The topological polar surface area (TPSA) is 261 Å². The van der Waals surface area contributed by atoms with E-state index in [2.05, 4.69) is 31.4 Å². The molecule has 12 atom stereocenters.